The van der Waals surface area contributed by atoms with E-state index in [0.29, 0.717) is 53.6 Å². The Morgan fingerprint density at radius 3 is 2.90 bits per heavy atom. The standard InChI is InChI=1S/C22H23N5O4/c1-13-7-19(25-31-13)18-9-21-23-17-5-6-26(11-16(17)22(29)27(21)24-18)10-14-3-4-20(30-2)15(8-14)12-28/h3-4,7-9,24,28H,5-6,10-12H2,1-2H3. The lowest BCUT2D eigenvalue weighted by Gasteiger charge is -2.27. The summed E-state index contributed by atoms with van der Waals surface area (Å²) in [7, 11) is 1.59. The van der Waals surface area contributed by atoms with Crippen LogP contribution in [-0.2, 0) is 26.1 Å². The summed E-state index contributed by atoms with van der Waals surface area (Å²) in [6, 6.07) is 9.43. The van der Waals surface area contributed by atoms with Crippen molar-refractivity contribution in [3.63, 3.8) is 0 Å². The van der Waals surface area contributed by atoms with Gasteiger partial charge in [0.25, 0.3) is 5.56 Å². The monoisotopic (exact) mass is 421 g/mol. The highest BCUT2D eigenvalue weighted by Gasteiger charge is 2.23. The maximum Gasteiger partial charge on any atom is 0.277 e. The molecule has 5 rings (SSSR count). The van der Waals surface area contributed by atoms with Crippen molar-refractivity contribution < 1.29 is 14.4 Å². The SMILES string of the molecule is COc1ccc(CN2CCc3nc4cc(-c5cc(C)on5)[nH]n4c(=O)c3C2)cc1CO. The number of nitrogens with zero attached hydrogens (tertiary/aromatic N) is 4. The van der Waals surface area contributed by atoms with Crippen LogP contribution in [0.1, 0.15) is 28.1 Å². The van der Waals surface area contributed by atoms with E-state index in [2.05, 4.69) is 15.2 Å². The summed E-state index contributed by atoms with van der Waals surface area (Å²) >= 11 is 0. The molecule has 0 saturated carbocycles. The molecule has 9 heteroatoms. The number of H-pyrrole nitrogens is 1. The number of nitrogens with one attached hydrogen (secondary N) is 1. The zero-order valence-corrected chi connectivity index (χ0v) is 17.4. The molecule has 4 heterocycles. The summed E-state index contributed by atoms with van der Waals surface area (Å²) in [5.41, 5.74) is 5.17. The molecule has 0 saturated heterocycles. The first-order chi connectivity index (χ1) is 15.1. The normalized spacial score (nSPS) is 14.2. The Labute approximate surface area is 177 Å². The number of benzene rings is 1. The fourth-order valence-electron chi connectivity index (χ4n) is 4.11. The Hall–Kier alpha value is -3.43. The number of methoxy groups -OCH3 is 1. The average molecular weight is 421 g/mol. The number of hydrogen-bond acceptors (Lipinski definition) is 7. The Balaban J connectivity index is 1.43. The van der Waals surface area contributed by atoms with E-state index in [9.17, 15) is 9.90 Å². The van der Waals surface area contributed by atoms with Crippen molar-refractivity contribution in [3.8, 4) is 17.1 Å². The minimum absolute atomic E-state index is 0.0801. The molecule has 0 spiro atoms. The first kappa shape index (κ1) is 19.5. The molecule has 0 radical (unpaired) electrons. The molecule has 0 amide bonds. The average Bonchev–Trinajstić information content (AvgIpc) is 3.40. The third-order valence-corrected chi connectivity index (χ3v) is 5.67. The second-order valence-corrected chi connectivity index (χ2v) is 7.79. The van der Waals surface area contributed by atoms with Crippen LogP contribution in [0.2, 0.25) is 0 Å². The van der Waals surface area contributed by atoms with Gasteiger partial charge in [0.15, 0.2) is 5.65 Å². The zero-order chi connectivity index (χ0) is 21.5. The molecule has 0 atom stereocenters. The molecule has 1 aliphatic heterocycles. The van der Waals surface area contributed by atoms with Crippen LogP contribution in [-0.4, -0.2) is 43.4 Å². The first-order valence-electron chi connectivity index (χ1n) is 10.1. The number of rotatable bonds is 5. The van der Waals surface area contributed by atoms with Crippen molar-refractivity contribution in [1.82, 2.24) is 24.7 Å². The third kappa shape index (κ3) is 3.51. The molecule has 1 aromatic carbocycles. The van der Waals surface area contributed by atoms with E-state index < -0.39 is 0 Å². The Bertz CT molecular complexity index is 1320. The second kappa shape index (κ2) is 7.68. The lowest BCUT2D eigenvalue weighted by atomic mass is 10.0. The van der Waals surface area contributed by atoms with Gasteiger partial charge in [-0.3, -0.25) is 14.8 Å². The van der Waals surface area contributed by atoms with Crippen molar-refractivity contribution in [3.05, 3.63) is 68.8 Å². The van der Waals surface area contributed by atoms with E-state index in [-0.39, 0.29) is 12.2 Å². The van der Waals surface area contributed by atoms with E-state index in [1.807, 2.05) is 37.3 Å². The van der Waals surface area contributed by atoms with Crippen molar-refractivity contribution in [2.75, 3.05) is 13.7 Å². The van der Waals surface area contributed by atoms with Gasteiger partial charge >= 0.3 is 0 Å². The van der Waals surface area contributed by atoms with Gasteiger partial charge in [-0.2, -0.15) is 0 Å². The van der Waals surface area contributed by atoms with Crippen LogP contribution >= 0.6 is 0 Å². The molecule has 0 fully saturated rings. The van der Waals surface area contributed by atoms with E-state index in [0.717, 1.165) is 23.4 Å². The number of aromatic amines is 1. The fraction of sp³-hybridized carbons (Fsp3) is 0.318. The molecule has 0 aliphatic carbocycles. The van der Waals surface area contributed by atoms with Crippen LogP contribution in [0.15, 0.2) is 39.6 Å². The molecule has 0 bridgehead atoms. The lowest BCUT2D eigenvalue weighted by Crippen LogP contribution is -2.36. The summed E-state index contributed by atoms with van der Waals surface area (Å²) in [5, 5.41) is 16.7. The Morgan fingerprint density at radius 2 is 2.16 bits per heavy atom. The van der Waals surface area contributed by atoms with Crippen molar-refractivity contribution >= 4 is 5.65 Å². The lowest BCUT2D eigenvalue weighted by molar-refractivity contribution is 0.240. The minimum Gasteiger partial charge on any atom is -0.496 e. The molecule has 2 N–H and O–H groups in total. The smallest absolute Gasteiger partial charge is 0.277 e. The fourth-order valence-corrected chi connectivity index (χ4v) is 4.11. The van der Waals surface area contributed by atoms with Gasteiger partial charge in [0.2, 0.25) is 0 Å². The van der Waals surface area contributed by atoms with Gasteiger partial charge < -0.3 is 14.4 Å². The number of ether oxygens (including phenoxy) is 1. The molecule has 0 unspecified atom stereocenters. The van der Waals surface area contributed by atoms with Crippen LogP contribution in [0, 0.1) is 6.92 Å². The van der Waals surface area contributed by atoms with Crippen LogP contribution in [0.5, 0.6) is 5.75 Å². The molecule has 1 aliphatic rings. The van der Waals surface area contributed by atoms with E-state index in [1.165, 1.54) is 4.52 Å². The molecule has 160 valence electrons. The minimum atomic E-state index is -0.0954. The van der Waals surface area contributed by atoms with Crippen LogP contribution in [0.3, 0.4) is 0 Å². The van der Waals surface area contributed by atoms with Crippen LogP contribution in [0.25, 0.3) is 17.0 Å². The summed E-state index contributed by atoms with van der Waals surface area (Å²) in [6.45, 7) is 3.73. The van der Waals surface area contributed by atoms with Crippen molar-refractivity contribution in [2.24, 2.45) is 0 Å². The van der Waals surface area contributed by atoms with E-state index in [1.54, 1.807) is 7.11 Å². The second-order valence-electron chi connectivity index (χ2n) is 7.79. The highest BCUT2D eigenvalue weighted by molar-refractivity contribution is 5.60. The number of aliphatic hydroxyl groups is 1. The highest BCUT2D eigenvalue weighted by atomic mass is 16.5. The molecular formula is C22H23N5O4. The topological polar surface area (TPSA) is 109 Å². The largest absolute Gasteiger partial charge is 0.496 e. The summed E-state index contributed by atoms with van der Waals surface area (Å²) in [4.78, 5) is 20.1. The third-order valence-electron chi connectivity index (χ3n) is 5.67. The van der Waals surface area contributed by atoms with Gasteiger partial charge in [-0.1, -0.05) is 11.2 Å². The van der Waals surface area contributed by atoms with E-state index >= 15 is 0 Å². The van der Waals surface area contributed by atoms with Crippen LogP contribution in [0.4, 0.5) is 0 Å². The van der Waals surface area contributed by atoms with Gasteiger partial charge in [0, 0.05) is 43.8 Å². The Morgan fingerprint density at radius 1 is 1.29 bits per heavy atom. The predicted octanol–water partition coefficient (Wildman–Crippen LogP) is 2.05. The number of hydrogen-bond donors (Lipinski definition) is 2. The maximum absolute atomic E-state index is 13.2. The summed E-state index contributed by atoms with van der Waals surface area (Å²) in [5.74, 6) is 1.37. The maximum atomic E-state index is 13.2. The quantitative estimate of drug-likeness (QED) is 0.508. The predicted molar refractivity (Wildman–Crippen MR) is 113 cm³/mol. The first-order valence-corrected chi connectivity index (χ1v) is 10.1. The highest BCUT2D eigenvalue weighted by Crippen LogP contribution is 2.24. The Kier molecular flexibility index (Phi) is 4.84. The zero-order valence-electron chi connectivity index (χ0n) is 17.4. The van der Waals surface area contributed by atoms with Gasteiger partial charge in [-0.15, -0.1) is 0 Å². The molecular weight excluding hydrogens is 398 g/mol. The van der Waals surface area contributed by atoms with Gasteiger partial charge in [0.1, 0.15) is 17.2 Å². The molecule has 31 heavy (non-hydrogen) atoms. The molecule has 9 nitrogen and oxygen atoms in total. The van der Waals surface area contributed by atoms with Gasteiger partial charge in [0.05, 0.1) is 30.7 Å². The summed E-state index contributed by atoms with van der Waals surface area (Å²) in [6.07, 6.45) is 0.702. The summed E-state index contributed by atoms with van der Waals surface area (Å²) < 4.78 is 11.9. The van der Waals surface area contributed by atoms with E-state index in [4.69, 9.17) is 14.2 Å². The number of aryl methyl sites for hydroxylation is 1. The molecule has 4 aromatic rings. The molecule has 3 aromatic heterocycles. The number of aromatic nitrogens is 4. The van der Waals surface area contributed by atoms with Crippen LogP contribution < -0.4 is 10.3 Å². The van der Waals surface area contributed by atoms with Crippen molar-refractivity contribution in [2.45, 2.75) is 33.0 Å². The van der Waals surface area contributed by atoms with Gasteiger partial charge in [-0.05, 0) is 24.6 Å². The number of aliphatic hydroxyl groups excluding tert-OH is 1. The van der Waals surface area contributed by atoms with Crippen molar-refractivity contribution in [1.29, 1.82) is 0 Å². The van der Waals surface area contributed by atoms with Gasteiger partial charge in [-0.25, -0.2) is 9.50 Å². The number of fused-ring (bicyclic) bond motifs is 2.